The Morgan fingerprint density at radius 2 is 1.96 bits per heavy atom. The Labute approximate surface area is 160 Å². The van der Waals surface area contributed by atoms with Crippen LogP contribution < -0.4 is 5.32 Å². The lowest BCUT2D eigenvalue weighted by atomic mass is 9.85. The second-order valence-electron chi connectivity index (χ2n) is 8.85. The summed E-state index contributed by atoms with van der Waals surface area (Å²) >= 11 is 1.70. The topological polar surface area (TPSA) is 61.8 Å². The highest BCUT2D eigenvalue weighted by Crippen LogP contribution is 2.51. The molecule has 6 heteroatoms. The van der Waals surface area contributed by atoms with Gasteiger partial charge in [0.05, 0.1) is 5.54 Å². The predicted molar refractivity (Wildman–Crippen MR) is 105 cm³/mol. The molecule has 4 aliphatic rings. The lowest BCUT2D eigenvalue weighted by molar-refractivity contribution is -0.130. The molecule has 0 aromatic heterocycles. The molecule has 1 unspecified atom stereocenters. The second-order valence-corrected chi connectivity index (χ2v) is 10.2. The van der Waals surface area contributed by atoms with Gasteiger partial charge in [-0.2, -0.15) is 0 Å². The van der Waals surface area contributed by atoms with Crippen molar-refractivity contribution in [2.75, 3.05) is 13.1 Å². The van der Waals surface area contributed by atoms with Gasteiger partial charge in [-0.05, 0) is 69.6 Å². The largest absolute Gasteiger partial charge is 0.343 e. The smallest absolute Gasteiger partial charge is 0.242 e. The third kappa shape index (κ3) is 3.30. The lowest BCUT2D eigenvalue weighted by Crippen LogP contribution is -2.42. The van der Waals surface area contributed by atoms with E-state index in [1.54, 1.807) is 18.7 Å². The molecule has 4 rings (SSSR count). The first-order valence-electron chi connectivity index (χ1n) is 10.3. The molecule has 0 aromatic carbocycles. The number of likely N-dealkylation sites (tertiary alicyclic amines) is 1. The van der Waals surface area contributed by atoms with E-state index >= 15 is 0 Å². The summed E-state index contributed by atoms with van der Waals surface area (Å²) in [6.07, 6.45) is 9.98. The Balaban J connectivity index is 1.43. The molecule has 26 heavy (non-hydrogen) atoms. The Morgan fingerprint density at radius 1 is 1.27 bits per heavy atom. The van der Waals surface area contributed by atoms with Gasteiger partial charge in [-0.3, -0.25) is 14.6 Å². The number of amides is 2. The molecule has 0 radical (unpaired) electrons. The van der Waals surface area contributed by atoms with Crippen molar-refractivity contribution >= 4 is 28.7 Å². The van der Waals surface area contributed by atoms with Crippen LogP contribution in [0.1, 0.15) is 71.6 Å². The first kappa shape index (κ1) is 18.3. The van der Waals surface area contributed by atoms with E-state index in [1.165, 1.54) is 32.1 Å². The number of hydrogen-bond acceptors (Lipinski definition) is 4. The zero-order valence-electron chi connectivity index (χ0n) is 16.1. The number of carbonyl (C=O) groups excluding carboxylic acids is 2. The van der Waals surface area contributed by atoms with Crippen molar-refractivity contribution in [1.82, 2.24) is 10.2 Å². The minimum absolute atomic E-state index is 0.122. The number of nitrogens with one attached hydrogen (secondary N) is 1. The van der Waals surface area contributed by atoms with Crippen molar-refractivity contribution in [3.63, 3.8) is 0 Å². The molecule has 0 aromatic rings. The third-order valence-electron chi connectivity index (χ3n) is 7.22. The third-order valence-corrected chi connectivity index (χ3v) is 8.64. The van der Waals surface area contributed by atoms with Gasteiger partial charge in [0.25, 0.3) is 0 Å². The molecule has 2 heterocycles. The number of fused-ring (bicyclic) bond motifs is 2. The number of rotatable bonds is 4. The SMILES string of the molecule is CCC1(CC2CCN(C(C)=O)CC2)SC(=NC23CCC(CC2)C3)NC1=O. The van der Waals surface area contributed by atoms with Crippen molar-refractivity contribution in [2.45, 2.75) is 81.9 Å². The molecular formula is C20H31N3O2S. The minimum Gasteiger partial charge on any atom is -0.343 e. The number of aliphatic imine (C=N–C) groups is 1. The van der Waals surface area contributed by atoms with Crippen LogP contribution in [0.5, 0.6) is 0 Å². The van der Waals surface area contributed by atoms with Crippen molar-refractivity contribution in [3.8, 4) is 0 Å². The van der Waals surface area contributed by atoms with Crippen LogP contribution in [-0.2, 0) is 9.59 Å². The molecule has 0 spiro atoms. The zero-order chi connectivity index (χ0) is 18.4. The quantitative estimate of drug-likeness (QED) is 0.817. The van der Waals surface area contributed by atoms with E-state index in [1.807, 2.05) is 4.90 Å². The number of thioether (sulfide) groups is 1. The highest BCUT2D eigenvalue weighted by Gasteiger charge is 2.50. The van der Waals surface area contributed by atoms with Gasteiger partial charge < -0.3 is 10.2 Å². The highest BCUT2D eigenvalue weighted by molar-refractivity contribution is 8.16. The summed E-state index contributed by atoms with van der Waals surface area (Å²) in [7, 11) is 0. The minimum atomic E-state index is -0.366. The van der Waals surface area contributed by atoms with Crippen LogP contribution >= 0.6 is 11.8 Å². The fourth-order valence-corrected chi connectivity index (χ4v) is 6.84. The van der Waals surface area contributed by atoms with Gasteiger partial charge >= 0.3 is 0 Å². The van der Waals surface area contributed by atoms with Gasteiger partial charge in [-0.1, -0.05) is 18.7 Å². The monoisotopic (exact) mass is 377 g/mol. The van der Waals surface area contributed by atoms with E-state index in [0.29, 0.717) is 5.92 Å². The first-order chi connectivity index (χ1) is 12.4. The second kappa shape index (κ2) is 6.84. The van der Waals surface area contributed by atoms with Gasteiger partial charge in [-0.25, -0.2) is 0 Å². The van der Waals surface area contributed by atoms with Crippen molar-refractivity contribution in [3.05, 3.63) is 0 Å². The molecule has 4 fully saturated rings. The first-order valence-corrected chi connectivity index (χ1v) is 11.1. The van der Waals surface area contributed by atoms with E-state index in [4.69, 9.17) is 4.99 Å². The molecule has 2 saturated heterocycles. The number of amidine groups is 1. The number of carbonyl (C=O) groups is 2. The maximum Gasteiger partial charge on any atom is 0.242 e. The van der Waals surface area contributed by atoms with E-state index in [-0.39, 0.29) is 22.1 Å². The highest BCUT2D eigenvalue weighted by atomic mass is 32.2. The summed E-state index contributed by atoms with van der Waals surface area (Å²) in [5.74, 6) is 1.70. The standard InChI is InChI=1S/C20H31N3O2S/c1-3-20(13-16-6-10-23(11-7-16)14(2)24)17(25)21-18(26-20)22-19-8-4-15(12-19)5-9-19/h15-16H,3-13H2,1-2H3,(H,21,22,25). The van der Waals surface area contributed by atoms with Gasteiger partial charge in [0.15, 0.2) is 5.17 Å². The van der Waals surface area contributed by atoms with Gasteiger partial charge in [0, 0.05) is 20.0 Å². The summed E-state index contributed by atoms with van der Waals surface area (Å²) in [5, 5.41) is 4.00. The summed E-state index contributed by atoms with van der Waals surface area (Å²) in [4.78, 5) is 31.4. The Kier molecular flexibility index (Phi) is 4.82. The molecule has 5 nitrogen and oxygen atoms in total. The Morgan fingerprint density at radius 3 is 2.50 bits per heavy atom. The maximum atomic E-state index is 12.9. The number of piperidine rings is 1. The lowest BCUT2D eigenvalue weighted by Gasteiger charge is -2.35. The average Bonchev–Trinajstić information content (AvgIpc) is 3.29. The molecular weight excluding hydrogens is 346 g/mol. The molecule has 2 aliphatic carbocycles. The fraction of sp³-hybridized carbons (Fsp3) is 0.850. The van der Waals surface area contributed by atoms with Crippen LogP contribution in [0.3, 0.4) is 0 Å². The summed E-state index contributed by atoms with van der Waals surface area (Å²) in [6.45, 7) is 5.43. The molecule has 144 valence electrons. The van der Waals surface area contributed by atoms with Crippen molar-refractivity contribution < 1.29 is 9.59 Å². The Hall–Kier alpha value is -1.04. The summed E-state index contributed by atoms with van der Waals surface area (Å²) in [5.41, 5.74) is 0.122. The Bertz CT molecular complexity index is 619. The molecule has 1 atom stereocenters. The van der Waals surface area contributed by atoms with Crippen LogP contribution in [0.15, 0.2) is 4.99 Å². The predicted octanol–water partition coefficient (Wildman–Crippen LogP) is 3.34. The zero-order valence-corrected chi connectivity index (χ0v) is 16.9. The average molecular weight is 378 g/mol. The normalized spacial score (nSPS) is 39.0. The van der Waals surface area contributed by atoms with Crippen LogP contribution in [0.25, 0.3) is 0 Å². The van der Waals surface area contributed by atoms with Gasteiger partial charge in [0.2, 0.25) is 11.8 Å². The van der Waals surface area contributed by atoms with Crippen molar-refractivity contribution in [2.24, 2.45) is 16.8 Å². The summed E-state index contributed by atoms with van der Waals surface area (Å²) < 4.78 is -0.366. The van der Waals surface area contributed by atoms with Crippen LogP contribution in [-0.4, -0.2) is 45.3 Å². The maximum absolute atomic E-state index is 12.9. The van der Waals surface area contributed by atoms with Crippen LogP contribution in [0.2, 0.25) is 0 Å². The number of nitrogens with zero attached hydrogens (tertiary/aromatic N) is 2. The van der Waals surface area contributed by atoms with E-state index in [9.17, 15) is 9.59 Å². The van der Waals surface area contributed by atoms with E-state index < -0.39 is 0 Å². The fourth-order valence-electron chi connectivity index (χ4n) is 5.48. The molecule has 2 bridgehead atoms. The van der Waals surface area contributed by atoms with E-state index in [0.717, 1.165) is 49.9 Å². The van der Waals surface area contributed by atoms with Gasteiger partial charge in [-0.15, -0.1) is 0 Å². The summed E-state index contributed by atoms with van der Waals surface area (Å²) in [6, 6.07) is 0. The number of hydrogen-bond donors (Lipinski definition) is 1. The molecule has 2 aliphatic heterocycles. The molecule has 1 N–H and O–H groups in total. The van der Waals surface area contributed by atoms with Gasteiger partial charge in [0.1, 0.15) is 4.75 Å². The van der Waals surface area contributed by atoms with Crippen LogP contribution in [0, 0.1) is 11.8 Å². The molecule has 2 amide bonds. The van der Waals surface area contributed by atoms with Crippen molar-refractivity contribution in [1.29, 1.82) is 0 Å². The van der Waals surface area contributed by atoms with Crippen LogP contribution in [0.4, 0.5) is 0 Å². The van der Waals surface area contributed by atoms with E-state index in [2.05, 4.69) is 12.2 Å². The molecule has 2 saturated carbocycles.